The van der Waals surface area contributed by atoms with Gasteiger partial charge in [-0.15, -0.1) is 0 Å². The molecule has 0 atom stereocenters. The van der Waals surface area contributed by atoms with Crippen molar-refractivity contribution in [3.8, 4) is 0 Å². The number of hydrogen-bond acceptors (Lipinski definition) is 0. The van der Waals surface area contributed by atoms with Gasteiger partial charge < -0.3 is 0 Å². The summed E-state index contributed by atoms with van der Waals surface area (Å²) in [5.74, 6) is 0. The van der Waals surface area contributed by atoms with Gasteiger partial charge in [0.05, 0.1) is 0 Å². The molecule has 4 rings (SSSR count). The Morgan fingerprint density at radius 3 is 1.18 bits per heavy atom. The molecule has 4 aromatic rings. The molecule has 0 aliphatic carbocycles. The molecule has 0 amide bonds. The molecule has 0 bridgehead atoms. The van der Waals surface area contributed by atoms with Crippen LogP contribution < -0.4 is 15.9 Å². The standard InChI is InChI=1S/C27H27P/c1-2-23-18-20-24(21-19-23)22-28(25-12-6-3-7-13-25,26-14-8-4-9-15-26)27-16-10-5-11-17-27/h3-21,28H,2,22H2,1H3. The van der Waals surface area contributed by atoms with Gasteiger partial charge in [-0.1, -0.05) is 0 Å². The summed E-state index contributed by atoms with van der Waals surface area (Å²) >= 11 is 0. The molecule has 0 unspecified atom stereocenters. The second-order valence-corrected chi connectivity index (χ2v) is 11.2. The van der Waals surface area contributed by atoms with Crippen molar-refractivity contribution in [2.24, 2.45) is 0 Å². The monoisotopic (exact) mass is 382 g/mol. The maximum absolute atomic E-state index is 2.33. The predicted molar refractivity (Wildman–Crippen MR) is 126 cm³/mol. The average Bonchev–Trinajstić information content (AvgIpc) is 2.80. The Hall–Kier alpha value is -2.69. The minimum atomic E-state index is -2.19. The van der Waals surface area contributed by atoms with Crippen molar-refractivity contribution in [1.29, 1.82) is 0 Å². The molecule has 0 spiro atoms. The molecule has 0 fully saturated rings. The molecule has 0 aromatic heterocycles. The molecule has 0 N–H and O–H groups in total. The quantitative estimate of drug-likeness (QED) is 0.388. The molecule has 0 heterocycles. The number of rotatable bonds is 6. The summed E-state index contributed by atoms with van der Waals surface area (Å²) in [7, 11) is -2.19. The van der Waals surface area contributed by atoms with E-state index < -0.39 is 7.26 Å². The van der Waals surface area contributed by atoms with Gasteiger partial charge in [0.15, 0.2) is 0 Å². The summed E-state index contributed by atoms with van der Waals surface area (Å²) in [6, 6.07) is 42.6. The van der Waals surface area contributed by atoms with Crippen LogP contribution in [-0.4, -0.2) is 0 Å². The predicted octanol–water partition coefficient (Wildman–Crippen LogP) is 5.48. The number of hydrogen-bond donors (Lipinski definition) is 0. The second-order valence-electron chi connectivity index (χ2n) is 7.35. The fourth-order valence-corrected chi connectivity index (χ4v) is 8.92. The molecule has 1 heteroatoms. The molecule has 140 valence electrons. The van der Waals surface area contributed by atoms with Gasteiger partial charge in [0.25, 0.3) is 0 Å². The van der Waals surface area contributed by atoms with Gasteiger partial charge in [-0.25, -0.2) is 0 Å². The van der Waals surface area contributed by atoms with E-state index in [1.807, 2.05) is 0 Å². The van der Waals surface area contributed by atoms with E-state index in [1.54, 1.807) is 0 Å². The molecule has 0 radical (unpaired) electrons. The van der Waals surface area contributed by atoms with Gasteiger partial charge in [-0.3, -0.25) is 0 Å². The summed E-state index contributed by atoms with van der Waals surface area (Å²) in [6.07, 6.45) is 2.15. The van der Waals surface area contributed by atoms with E-state index in [0.717, 1.165) is 12.6 Å². The molecule has 0 aliphatic rings. The molecular formula is C27H27P. The van der Waals surface area contributed by atoms with Crippen molar-refractivity contribution in [2.75, 3.05) is 0 Å². The normalized spacial score (nSPS) is 11.9. The molecule has 0 saturated carbocycles. The average molecular weight is 382 g/mol. The van der Waals surface area contributed by atoms with Crippen molar-refractivity contribution >= 4 is 23.2 Å². The number of aryl methyl sites for hydroxylation is 1. The van der Waals surface area contributed by atoms with Crippen molar-refractivity contribution < 1.29 is 0 Å². The molecule has 0 saturated heterocycles. The molecular weight excluding hydrogens is 355 g/mol. The van der Waals surface area contributed by atoms with Gasteiger partial charge in [0.1, 0.15) is 0 Å². The first-order valence-corrected chi connectivity index (χ1v) is 12.3. The van der Waals surface area contributed by atoms with Gasteiger partial charge in [-0.05, 0) is 0 Å². The zero-order chi connectivity index (χ0) is 19.2. The third kappa shape index (κ3) is 3.66. The van der Waals surface area contributed by atoms with Crippen LogP contribution in [0.25, 0.3) is 0 Å². The summed E-state index contributed by atoms with van der Waals surface area (Å²) in [4.78, 5) is 0. The molecule has 28 heavy (non-hydrogen) atoms. The van der Waals surface area contributed by atoms with Crippen LogP contribution in [0.15, 0.2) is 115 Å². The van der Waals surface area contributed by atoms with Gasteiger partial charge in [0, 0.05) is 0 Å². The fraction of sp³-hybridized carbons (Fsp3) is 0.111. The van der Waals surface area contributed by atoms with Crippen LogP contribution in [0.3, 0.4) is 0 Å². The SMILES string of the molecule is CCc1ccc(C[PH](c2ccccc2)(c2ccccc2)c2ccccc2)cc1. The van der Waals surface area contributed by atoms with Crippen LogP contribution in [0.5, 0.6) is 0 Å². The van der Waals surface area contributed by atoms with Crippen LogP contribution in [-0.2, 0) is 12.6 Å². The summed E-state index contributed by atoms with van der Waals surface area (Å²) in [5, 5.41) is 4.39. The summed E-state index contributed by atoms with van der Waals surface area (Å²) in [6.45, 7) is 2.21. The Morgan fingerprint density at radius 1 is 0.464 bits per heavy atom. The van der Waals surface area contributed by atoms with Gasteiger partial charge in [0.2, 0.25) is 0 Å². The fourth-order valence-electron chi connectivity index (χ4n) is 4.17. The zero-order valence-electron chi connectivity index (χ0n) is 16.4. The van der Waals surface area contributed by atoms with E-state index in [9.17, 15) is 0 Å². The van der Waals surface area contributed by atoms with Crippen LogP contribution in [0, 0.1) is 0 Å². The Balaban J connectivity index is 1.95. The van der Waals surface area contributed by atoms with E-state index in [-0.39, 0.29) is 0 Å². The Morgan fingerprint density at radius 2 is 0.821 bits per heavy atom. The van der Waals surface area contributed by atoms with E-state index in [0.29, 0.717) is 0 Å². The third-order valence-electron chi connectivity index (χ3n) is 5.70. The van der Waals surface area contributed by atoms with Crippen LogP contribution in [0.2, 0.25) is 0 Å². The van der Waals surface area contributed by atoms with Gasteiger partial charge >= 0.3 is 169 Å². The van der Waals surface area contributed by atoms with Crippen molar-refractivity contribution in [3.05, 3.63) is 126 Å². The third-order valence-corrected chi connectivity index (χ3v) is 10.6. The first kappa shape index (κ1) is 18.7. The molecule has 4 aromatic carbocycles. The maximum atomic E-state index is 2.33. The van der Waals surface area contributed by atoms with Crippen LogP contribution in [0.1, 0.15) is 18.1 Å². The zero-order valence-corrected chi connectivity index (χ0v) is 17.4. The van der Waals surface area contributed by atoms with Crippen molar-refractivity contribution in [3.63, 3.8) is 0 Å². The van der Waals surface area contributed by atoms with Crippen LogP contribution >= 0.6 is 7.26 Å². The molecule has 0 aliphatic heterocycles. The van der Waals surface area contributed by atoms with E-state index in [2.05, 4.69) is 122 Å². The van der Waals surface area contributed by atoms with E-state index in [1.165, 1.54) is 27.0 Å². The Kier molecular flexibility index (Phi) is 5.70. The minimum absolute atomic E-state index is 1.06. The van der Waals surface area contributed by atoms with Crippen molar-refractivity contribution in [1.82, 2.24) is 0 Å². The topological polar surface area (TPSA) is 0 Å². The summed E-state index contributed by atoms with van der Waals surface area (Å²) in [5.41, 5.74) is 2.82. The first-order valence-electron chi connectivity index (χ1n) is 10.1. The van der Waals surface area contributed by atoms with Crippen LogP contribution in [0.4, 0.5) is 0 Å². The van der Waals surface area contributed by atoms with Gasteiger partial charge in [-0.2, -0.15) is 0 Å². The van der Waals surface area contributed by atoms with Crippen molar-refractivity contribution in [2.45, 2.75) is 19.5 Å². The summed E-state index contributed by atoms with van der Waals surface area (Å²) < 4.78 is 0. The van der Waals surface area contributed by atoms with E-state index in [4.69, 9.17) is 0 Å². The molecule has 0 nitrogen and oxygen atoms in total. The Bertz CT molecular complexity index is 894. The number of benzene rings is 4. The van der Waals surface area contributed by atoms with E-state index >= 15 is 0 Å². The Labute approximate surface area is 169 Å². The first-order chi connectivity index (χ1) is 13.8. The second kappa shape index (κ2) is 8.55.